The van der Waals surface area contributed by atoms with Crippen LogP contribution in [-0.4, -0.2) is 98.9 Å². The van der Waals surface area contributed by atoms with E-state index in [1.54, 1.807) is 24.8 Å². The van der Waals surface area contributed by atoms with Crippen molar-refractivity contribution in [1.82, 2.24) is 20.2 Å². The van der Waals surface area contributed by atoms with Gasteiger partial charge in [0.1, 0.15) is 20.1 Å². The standard InChI is InChI=1S/C20H24ClN5O2.2C12H16N2O2S.C10H13ClN2.C9H13N.C4H7NO2S2.H2/c1-15(2)16-5-7-17(8-6-16)23-19(14-26(27)28)24-10-12-25(13-11-24)20-18(21)4-3-9-22-20;2*1-9(2)10-4-6-11(7-5-10)13-12(17-3)8-14(15)16;11-9-2-1-5-13-10(9)8-3-6-12-7-4-8;1-7(2)8-3-5-9(10)6-4-8;1-8-4(9-2)3-5(6)7;/h3-9,14-15,23H,10-13H2,1-2H3;2*4-9,13H,1-3H3;1-2,5,8,12H,3-4,6-7H2;3-7H,10H2,1-2H3;3H,1-2H3;1H. The SMILES string of the molecule is CC(C)c1ccc(N)cc1.CC(C)c1ccc(NC(=C[N+](=O)[O-])N2CCN(c3ncccc3Cl)CC2)cc1.CSC(=C[N+](=O)[O-])Nc1ccc(C(C)C)cc1.CSC(=C[N+](=O)[O-])Nc1ccc(C(C)C)cc1.CSC(=C[N+](=O)[O-])SC.Clc1cccnc1C1CCNCC1.[HH]. The van der Waals surface area contributed by atoms with Crippen LogP contribution in [0.2, 0.25) is 10.0 Å². The number of piperazine rings is 1. The van der Waals surface area contributed by atoms with Gasteiger partial charge in [0.25, 0.3) is 24.8 Å². The van der Waals surface area contributed by atoms with E-state index < -0.39 is 19.7 Å². The van der Waals surface area contributed by atoms with Crippen LogP contribution in [0.15, 0.2) is 179 Å². The van der Waals surface area contributed by atoms with Crippen LogP contribution < -0.4 is 31.9 Å². The van der Waals surface area contributed by atoms with Gasteiger partial charge in [-0.25, -0.2) is 4.98 Å². The molecule has 510 valence electrons. The Labute approximate surface area is 582 Å². The molecule has 2 aromatic heterocycles. The van der Waals surface area contributed by atoms with Gasteiger partial charge < -0.3 is 36.8 Å². The van der Waals surface area contributed by atoms with Crippen LogP contribution in [0.1, 0.15) is 127 Å². The minimum Gasteiger partial charge on any atom is -0.399 e. The van der Waals surface area contributed by atoms with Crippen LogP contribution in [0.5, 0.6) is 0 Å². The number of hydrogen-bond donors (Lipinski definition) is 5. The Bertz CT molecular complexity index is 3310. The van der Waals surface area contributed by atoms with Crippen molar-refractivity contribution >= 4 is 98.8 Å². The predicted octanol–water partition coefficient (Wildman–Crippen LogP) is 18.1. The second-order valence-corrected chi connectivity index (χ2v) is 26.6. The number of piperidine rings is 1. The summed E-state index contributed by atoms with van der Waals surface area (Å²) in [5, 5.41) is 56.7. The minimum atomic E-state index is -0.457. The Morgan fingerprint density at radius 2 is 0.904 bits per heavy atom. The molecule has 0 unspecified atom stereocenters. The number of aromatic nitrogens is 2. The summed E-state index contributed by atoms with van der Waals surface area (Å²) in [4.78, 5) is 52.7. The van der Waals surface area contributed by atoms with Crippen molar-refractivity contribution in [2.45, 2.75) is 97.8 Å². The highest BCUT2D eigenvalue weighted by molar-refractivity contribution is 8.21. The van der Waals surface area contributed by atoms with E-state index in [4.69, 9.17) is 28.9 Å². The summed E-state index contributed by atoms with van der Waals surface area (Å²) in [6.07, 6.45) is 17.0. The molecule has 2 aliphatic rings. The van der Waals surface area contributed by atoms with Crippen molar-refractivity contribution in [2.75, 3.05) is 90.9 Å². The van der Waals surface area contributed by atoms with Gasteiger partial charge in [0, 0.05) is 68.7 Å². The number of halogens is 2. The molecule has 0 aliphatic carbocycles. The highest BCUT2D eigenvalue weighted by Crippen LogP contribution is 2.30. The fourth-order valence-electron chi connectivity index (χ4n) is 8.76. The van der Waals surface area contributed by atoms with Crippen LogP contribution in [-0.2, 0) is 0 Å². The lowest BCUT2D eigenvalue weighted by molar-refractivity contribution is -0.404. The maximum Gasteiger partial charge on any atom is 0.274 e. The fraction of sp³-hybridized carbons (Fsp3) is 0.373. The Morgan fingerprint density at radius 3 is 1.24 bits per heavy atom. The van der Waals surface area contributed by atoms with E-state index in [2.05, 4.69) is 104 Å². The molecule has 4 heterocycles. The summed E-state index contributed by atoms with van der Waals surface area (Å²) in [6, 6.07) is 39.2. The number of benzene rings is 4. The summed E-state index contributed by atoms with van der Waals surface area (Å²) >= 11 is 17.7. The Balaban J connectivity index is 0.000000405. The van der Waals surface area contributed by atoms with Gasteiger partial charge in [0.05, 0.1) is 35.4 Å². The second-order valence-electron chi connectivity index (χ2n) is 22.1. The van der Waals surface area contributed by atoms with Crippen molar-refractivity contribution in [3.63, 3.8) is 0 Å². The molecule has 2 fully saturated rings. The molecule has 27 heteroatoms. The Kier molecular flexibility index (Phi) is 38.0. The number of rotatable bonds is 21. The summed E-state index contributed by atoms with van der Waals surface area (Å²) in [7, 11) is 0. The molecule has 4 aromatic carbocycles. The maximum atomic E-state index is 11.1. The number of nitro groups is 4. The first-order chi connectivity index (χ1) is 44.8. The lowest BCUT2D eigenvalue weighted by Crippen LogP contribution is -2.47. The number of pyridine rings is 2. The number of nitrogens with zero attached hydrogens (tertiary/aromatic N) is 8. The zero-order valence-corrected chi connectivity index (χ0v) is 60.1. The number of thioether (sulfide) groups is 4. The molecule has 8 rings (SSSR count). The highest BCUT2D eigenvalue weighted by atomic mass is 35.5. The third-order valence-corrected chi connectivity index (χ3v) is 18.0. The molecule has 6 N–H and O–H groups in total. The van der Waals surface area contributed by atoms with Gasteiger partial charge in [-0.05, 0) is 170 Å². The lowest BCUT2D eigenvalue weighted by Gasteiger charge is -2.37. The molecule has 94 heavy (non-hydrogen) atoms. The largest absolute Gasteiger partial charge is 0.399 e. The van der Waals surface area contributed by atoms with Gasteiger partial charge in [-0.1, -0.05) is 127 Å². The van der Waals surface area contributed by atoms with E-state index in [1.165, 1.54) is 69.3 Å². The van der Waals surface area contributed by atoms with E-state index in [0.717, 1.165) is 94.3 Å². The molecule has 0 amide bonds. The molecular weight excluding hydrogens is 1310 g/mol. The van der Waals surface area contributed by atoms with Crippen LogP contribution in [0.3, 0.4) is 0 Å². The minimum absolute atomic E-state index is 0. The Morgan fingerprint density at radius 1 is 0.532 bits per heavy atom. The third kappa shape index (κ3) is 31.6. The van der Waals surface area contributed by atoms with Gasteiger partial charge >= 0.3 is 0 Å². The summed E-state index contributed by atoms with van der Waals surface area (Å²) in [5.74, 6) is 3.79. The molecule has 2 saturated heterocycles. The summed E-state index contributed by atoms with van der Waals surface area (Å²) in [6.45, 7) is 21.9. The van der Waals surface area contributed by atoms with E-state index in [1.807, 2.05) is 127 Å². The Hall–Kier alpha value is -7.52. The van der Waals surface area contributed by atoms with Gasteiger partial charge in [-0.3, -0.25) is 45.4 Å². The number of nitrogen functional groups attached to an aromatic ring is 1. The molecule has 21 nitrogen and oxygen atoms in total. The van der Waals surface area contributed by atoms with Gasteiger partial charge in [0.2, 0.25) is 0 Å². The van der Waals surface area contributed by atoms with E-state index in [0.29, 0.717) is 76.7 Å². The molecule has 0 bridgehead atoms. The quantitative estimate of drug-likeness (QED) is 0.0254. The maximum absolute atomic E-state index is 11.1. The van der Waals surface area contributed by atoms with Crippen LogP contribution in [0.4, 0.5) is 28.6 Å². The zero-order valence-electron chi connectivity index (χ0n) is 55.4. The molecule has 0 atom stereocenters. The van der Waals surface area contributed by atoms with Gasteiger partial charge in [-0.2, -0.15) is 0 Å². The number of nitrogens with one attached hydrogen (secondary N) is 4. The van der Waals surface area contributed by atoms with Gasteiger partial charge in [0.15, 0.2) is 5.82 Å². The van der Waals surface area contributed by atoms with Crippen LogP contribution in [0, 0.1) is 40.5 Å². The first-order valence-electron chi connectivity index (χ1n) is 30.2. The first-order valence-corrected chi connectivity index (χ1v) is 35.9. The second kappa shape index (κ2) is 44.2. The molecule has 0 spiro atoms. The number of anilines is 5. The van der Waals surface area contributed by atoms with Crippen LogP contribution >= 0.6 is 70.2 Å². The molecular formula is C67H91Cl2N13O8S4. The van der Waals surface area contributed by atoms with Crippen molar-refractivity contribution < 1.29 is 21.1 Å². The zero-order chi connectivity index (χ0) is 69.7. The monoisotopic (exact) mass is 1400 g/mol. The molecule has 0 saturated carbocycles. The number of nitrogens with two attached hydrogens (primary N) is 1. The van der Waals surface area contributed by atoms with E-state index >= 15 is 0 Å². The summed E-state index contributed by atoms with van der Waals surface area (Å²) < 4.78 is 0.722. The smallest absolute Gasteiger partial charge is 0.274 e. The van der Waals surface area contributed by atoms with Crippen molar-refractivity contribution in [3.8, 4) is 0 Å². The van der Waals surface area contributed by atoms with Crippen LogP contribution in [0.25, 0.3) is 0 Å². The molecule has 6 aromatic rings. The van der Waals surface area contributed by atoms with Crippen molar-refractivity contribution in [3.05, 3.63) is 257 Å². The molecule has 0 radical (unpaired) electrons. The van der Waals surface area contributed by atoms with E-state index in [-0.39, 0.29) is 1.43 Å². The third-order valence-electron chi connectivity index (χ3n) is 14.0. The average molecular weight is 1410 g/mol. The molecule has 2 aliphatic heterocycles. The first kappa shape index (κ1) is 80.7. The lowest BCUT2D eigenvalue weighted by atomic mass is 9.94. The summed E-state index contributed by atoms with van der Waals surface area (Å²) in [5.41, 5.74) is 15.1. The topological polar surface area (TPSA) is 279 Å². The number of hydrogen-bond acceptors (Lipinski definition) is 21. The normalized spacial score (nSPS) is 13.2. The fourth-order valence-corrected chi connectivity index (χ4v) is 11.2. The van der Waals surface area contributed by atoms with Crippen molar-refractivity contribution in [2.24, 2.45) is 0 Å². The van der Waals surface area contributed by atoms with Crippen molar-refractivity contribution in [1.29, 1.82) is 0 Å². The average Bonchev–Trinajstić information content (AvgIpc) is 0.894. The highest BCUT2D eigenvalue weighted by Gasteiger charge is 2.24. The van der Waals surface area contributed by atoms with Gasteiger partial charge in [-0.15, -0.1) is 47.0 Å². The predicted molar refractivity (Wildman–Crippen MR) is 401 cm³/mol. The van der Waals surface area contributed by atoms with E-state index in [9.17, 15) is 40.5 Å².